The van der Waals surface area contributed by atoms with Crippen LogP contribution in [0.5, 0.6) is 5.75 Å². The highest BCUT2D eigenvalue weighted by atomic mass is 32.1. The number of benzene rings is 1. The Kier molecular flexibility index (Phi) is 5.17. The molecule has 4 rings (SSSR count). The van der Waals surface area contributed by atoms with Gasteiger partial charge in [-0.25, -0.2) is 9.67 Å². The van der Waals surface area contributed by atoms with Crippen molar-refractivity contribution in [3.8, 4) is 11.4 Å². The van der Waals surface area contributed by atoms with Gasteiger partial charge in [-0.15, -0.1) is 11.3 Å². The van der Waals surface area contributed by atoms with E-state index in [0.29, 0.717) is 16.8 Å². The van der Waals surface area contributed by atoms with Crippen LogP contribution in [-0.4, -0.2) is 40.9 Å². The Balaban J connectivity index is 1.51. The molecule has 1 saturated heterocycles. The summed E-state index contributed by atoms with van der Waals surface area (Å²) >= 11 is 1.53. The van der Waals surface area contributed by atoms with E-state index < -0.39 is 0 Å². The molecule has 0 unspecified atom stereocenters. The number of methoxy groups -OCH3 is 1. The highest BCUT2D eigenvalue weighted by molar-refractivity contribution is 7.15. The molecule has 140 valence electrons. The van der Waals surface area contributed by atoms with Gasteiger partial charge in [0.2, 0.25) is 0 Å². The molecule has 1 aliphatic heterocycles. The van der Waals surface area contributed by atoms with Crippen LogP contribution in [0, 0.1) is 0 Å². The average molecular weight is 383 g/mol. The van der Waals surface area contributed by atoms with Crippen LogP contribution >= 0.6 is 11.3 Å². The van der Waals surface area contributed by atoms with E-state index in [-0.39, 0.29) is 11.6 Å². The van der Waals surface area contributed by atoms with Gasteiger partial charge in [0.25, 0.3) is 5.91 Å². The van der Waals surface area contributed by atoms with E-state index in [4.69, 9.17) is 4.74 Å². The van der Waals surface area contributed by atoms with Crippen molar-refractivity contribution in [2.24, 2.45) is 0 Å². The Hall–Kier alpha value is -2.71. The lowest BCUT2D eigenvalue weighted by Gasteiger charge is -2.20. The van der Waals surface area contributed by atoms with Gasteiger partial charge in [-0.2, -0.15) is 5.10 Å². The number of anilines is 1. The molecule has 1 fully saturated rings. The van der Waals surface area contributed by atoms with Crippen LogP contribution in [0.1, 0.15) is 34.1 Å². The maximum absolute atomic E-state index is 12.7. The summed E-state index contributed by atoms with van der Waals surface area (Å²) in [5.41, 5.74) is 1.09. The molecule has 0 radical (unpaired) electrons. The van der Waals surface area contributed by atoms with Crippen molar-refractivity contribution < 1.29 is 9.53 Å². The van der Waals surface area contributed by atoms with Crippen molar-refractivity contribution in [2.75, 3.05) is 25.5 Å². The van der Waals surface area contributed by atoms with Crippen molar-refractivity contribution in [2.45, 2.75) is 18.8 Å². The molecule has 2 aromatic heterocycles. The third kappa shape index (κ3) is 3.86. The molecule has 2 N–H and O–H groups in total. The lowest BCUT2D eigenvalue weighted by Crippen LogP contribution is -2.26. The molecule has 0 atom stereocenters. The summed E-state index contributed by atoms with van der Waals surface area (Å²) < 4.78 is 6.97. The van der Waals surface area contributed by atoms with Crippen molar-refractivity contribution in [1.29, 1.82) is 0 Å². The van der Waals surface area contributed by atoms with E-state index >= 15 is 0 Å². The predicted octanol–water partition coefficient (Wildman–Crippen LogP) is 3.06. The van der Waals surface area contributed by atoms with Gasteiger partial charge in [-0.1, -0.05) is 18.2 Å². The Labute approximate surface area is 161 Å². The molecule has 1 aliphatic rings. The third-order valence-corrected chi connectivity index (χ3v) is 5.70. The van der Waals surface area contributed by atoms with E-state index in [0.717, 1.165) is 31.6 Å². The predicted molar refractivity (Wildman–Crippen MR) is 105 cm³/mol. The summed E-state index contributed by atoms with van der Waals surface area (Å²) in [5.74, 6) is 0.612. The molecule has 0 saturated carbocycles. The molecular formula is C19H21N5O2S. The molecule has 8 heteroatoms. The maximum Gasteiger partial charge on any atom is 0.281 e. The number of para-hydroxylation sites is 1. The van der Waals surface area contributed by atoms with Crippen LogP contribution in [0.2, 0.25) is 0 Å². The van der Waals surface area contributed by atoms with Gasteiger partial charge in [0.1, 0.15) is 0 Å². The van der Waals surface area contributed by atoms with Crippen LogP contribution < -0.4 is 15.4 Å². The topological polar surface area (TPSA) is 81.1 Å². The van der Waals surface area contributed by atoms with Gasteiger partial charge in [0.05, 0.1) is 19.0 Å². The first-order valence-electron chi connectivity index (χ1n) is 8.91. The van der Waals surface area contributed by atoms with Crippen LogP contribution in [-0.2, 0) is 0 Å². The van der Waals surface area contributed by atoms with Crippen molar-refractivity contribution in [3.63, 3.8) is 0 Å². The van der Waals surface area contributed by atoms with E-state index in [2.05, 4.69) is 20.7 Å². The molecular weight excluding hydrogens is 362 g/mol. The number of ether oxygens (including phenoxy) is 1. The monoisotopic (exact) mass is 383 g/mol. The van der Waals surface area contributed by atoms with Gasteiger partial charge >= 0.3 is 0 Å². The zero-order valence-electron chi connectivity index (χ0n) is 15.0. The summed E-state index contributed by atoms with van der Waals surface area (Å²) in [7, 11) is 1.53. The fourth-order valence-corrected chi connectivity index (χ4v) is 4.15. The highest BCUT2D eigenvalue weighted by Crippen LogP contribution is 2.32. The lowest BCUT2D eigenvalue weighted by atomic mass is 9.97. The number of carbonyl (C=O) groups is 1. The first-order chi connectivity index (χ1) is 13.2. The van der Waals surface area contributed by atoms with Crippen LogP contribution in [0.4, 0.5) is 5.13 Å². The van der Waals surface area contributed by atoms with E-state index in [1.54, 1.807) is 10.9 Å². The van der Waals surface area contributed by atoms with E-state index in [1.165, 1.54) is 23.3 Å². The van der Waals surface area contributed by atoms with Crippen LogP contribution in [0.15, 0.2) is 42.7 Å². The van der Waals surface area contributed by atoms with Gasteiger partial charge in [-0.3, -0.25) is 10.1 Å². The first kappa shape index (κ1) is 17.7. The second kappa shape index (κ2) is 7.89. The molecule has 1 amide bonds. The molecule has 0 aliphatic carbocycles. The minimum atomic E-state index is -0.326. The minimum absolute atomic E-state index is 0.236. The number of hydrogen-bond acceptors (Lipinski definition) is 6. The first-order valence-corrected chi connectivity index (χ1v) is 9.73. The summed E-state index contributed by atoms with van der Waals surface area (Å²) in [6.45, 7) is 2.05. The molecule has 0 spiro atoms. The zero-order chi connectivity index (χ0) is 18.6. The Morgan fingerprint density at radius 2 is 2.07 bits per heavy atom. The fraction of sp³-hybridized carbons (Fsp3) is 0.316. The van der Waals surface area contributed by atoms with E-state index in [9.17, 15) is 4.79 Å². The van der Waals surface area contributed by atoms with Gasteiger partial charge in [-0.05, 0) is 44.0 Å². The second-order valence-electron chi connectivity index (χ2n) is 6.37. The normalized spacial score (nSPS) is 14.9. The summed E-state index contributed by atoms with van der Waals surface area (Å²) in [5, 5.41) is 11.2. The minimum Gasteiger partial charge on any atom is -0.493 e. The quantitative estimate of drug-likeness (QED) is 0.708. The van der Waals surface area contributed by atoms with Crippen molar-refractivity contribution in [3.05, 3.63) is 53.3 Å². The fourth-order valence-electron chi connectivity index (χ4n) is 3.17. The zero-order valence-corrected chi connectivity index (χ0v) is 15.8. The smallest absolute Gasteiger partial charge is 0.281 e. The summed E-state index contributed by atoms with van der Waals surface area (Å²) in [4.78, 5) is 18.3. The molecule has 27 heavy (non-hydrogen) atoms. The average Bonchev–Trinajstić information content (AvgIpc) is 3.36. The third-order valence-electron chi connectivity index (χ3n) is 4.62. The number of nitrogens with zero attached hydrogens (tertiary/aromatic N) is 3. The number of rotatable bonds is 5. The Morgan fingerprint density at radius 1 is 1.30 bits per heavy atom. The lowest BCUT2D eigenvalue weighted by molar-refractivity contribution is 0.101. The molecule has 7 nitrogen and oxygen atoms in total. The Morgan fingerprint density at radius 3 is 2.81 bits per heavy atom. The van der Waals surface area contributed by atoms with Crippen LogP contribution in [0.25, 0.3) is 5.69 Å². The molecule has 3 aromatic rings. The standard InChI is InChI=1S/C19H21N5O2S/c1-26-15-12-24(14-5-3-2-4-6-14)23-17(15)18(25)22-19-21-11-16(27-19)13-7-9-20-10-8-13/h2-6,11-13,20H,7-10H2,1H3,(H,21,22,25). The number of piperidine rings is 1. The number of nitrogens with one attached hydrogen (secondary N) is 2. The Bertz CT molecular complexity index is 915. The van der Waals surface area contributed by atoms with E-state index in [1.807, 2.05) is 36.5 Å². The number of thiazole rings is 1. The number of amides is 1. The number of hydrogen-bond donors (Lipinski definition) is 2. The van der Waals surface area contributed by atoms with Crippen molar-refractivity contribution >= 4 is 22.4 Å². The number of carbonyl (C=O) groups excluding carboxylic acids is 1. The molecule has 3 heterocycles. The van der Waals surface area contributed by atoms with Gasteiger partial charge < -0.3 is 10.1 Å². The highest BCUT2D eigenvalue weighted by Gasteiger charge is 2.21. The number of aromatic nitrogens is 3. The molecule has 1 aromatic carbocycles. The van der Waals surface area contributed by atoms with Crippen LogP contribution in [0.3, 0.4) is 0 Å². The van der Waals surface area contributed by atoms with Gasteiger partial charge in [0, 0.05) is 11.1 Å². The van der Waals surface area contributed by atoms with Gasteiger partial charge in [0.15, 0.2) is 16.6 Å². The second-order valence-corrected chi connectivity index (χ2v) is 7.43. The maximum atomic E-state index is 12.7. The van der Waals surface area contributed by atoms with Crippen molar-refractivity contribution in [1.82, 2.24) is 20.1 Å². The molecule has 0 bridgehead atoms. The summed E-state index contributed by atoms with van der Waals surface area (Å²) in [6.07, 6.45) is 5.78. The summed E-state index contributed by atoms with van der Waals surface area (Å²) in [6, 6.07) is 9.60. The largest absolute Gasteiger partial charge is 0.493 e. The SMILES string of the molecule is COc1cn(-c2ccccc2)nc1C(=O)Nc1ncc(C2CCNCC2)s1.